The molecule has 0 saturated heterocycles. The van der Waals surface area contributed by atoms with E-state index < -0.39 is 0 Å². The van der Waals surface area contributed by atoms with Gasteiger partial charge in [-0.05, 0) is 42.4 Å². The van der Waals surface area contributed by atoms with Crippen LogP contribution in [0, 0.1) is 0 Å². The number of methoxy groups -OCH3 is 2. The van der Waals surface area contributed by atoms with E-state index in [1.54, 1.807) is 31.5 Å². The SMILES string of the molecule is COc1ccc(OC)c(CCN(C(N)=S)c2ncc[nH]2)c1. The zero-order chi connectivity index (χ0) is 15.2. The number of hydrogen-bond donors (Lipinski definition) is 2. The fourth-order valence-electron chi connectivity index (χ4n) is 2.03. The highest BCUT2D eigenvalue weighted by molar-refractivity contribution is 7.80. The number of thiocarbonyl (C=S) groups is 1. The Hall–Kier alpha value is -2.28. The zero-order valence-corrected chi connectivity index (χ0v) is 12.8. The number of nitrogens with zero attached hydrogens (tertiary/aromatic N) is 2. The molecule has 2 aromatic rings. The standard InChI is InChI=1S/C14H18N4O2S/c1-19-11-3-4-12(20-2)10(9-11)5-8-18(13(15)21)14-16-6-7-17-14/h3-4,6-7,9H,5,8H2,1-2H3,(H2,15,21)(H,16,17). The molecule has 1 heterocycles. The lowest BCUT2D eigenvalue weighted by Gasteiger charge is -2.20. The lowest BCUT2D eigenvalue weighted by molar-refractivity contribution is 0.399. The fraction of sp³-hybridized carbons (Fsp3) is 0.286. The molecule has 0 unspecified atom stereocenters. The summed E-state index contributed by atoms with van der Waals surface area (Å²) in [5.74, 6) is 2.22. The topological polar surface area (TPSA) is 76.4 Å². The Morgan fingerprint density at radius 3 is 2.76 bits per heavy atom. The van der Waals surface area contributed by atoms with Crippen molar-refractivity contribution in [3.05, 3.63) is 36.2 Å². The first-order chi connectivity index (χ1) is 10.2. The third-order valence-electron chi connectivity index (χ3n) is 3.10. The molecule has 0 spiro atoms. The molecule has 0 atom stereocenters. The van der Waals surface area contributed by atoms with Gasteiger partial charge in [0.2, 0.25) is 5.95 Å². The number of nitrogens with one attached hydrogen (secondary N) is 1. The van der Waals surface area contributed by atoms with E-state index in [1.165, 1.54) is 0 Å². The summed E-state index contributed by atoms with van der Waals surface area (Å²) in [6.45, 7) is 0.590. The monoisotopic (exact) mass is 306 g/mol. The smallest absolute Gasteiger partial charge is 0.209 e. The number of benzene rings is 1. The lowest BCUT2D eigenvalue weighted by atomic mass is 10.1. The van der Waals surface area contributed by atoms with Gasteiger partial charge in [-0.1, -0.05) is 0 Å². The molecular formula is C14H18N4O2S. The predicted molar refractivity (Wildman–Crippen MR) is 86.0 cm³/mol. The van der Waals surface area contributed by atoms with Crippen LogP contribution in [-0.4, -0.2) is 35.8 Å². The number of aromatic nitrogens is 2. The molecule has 3 N–H and O–H groups in total. The molecule has 0 bridgehead atoms. The maximum absolute atomic E-state index is 5.76. The minimum Gasteiger partial charge on any atom is -0.497 e. The van der Waals surface area contributed by atoms with Crippen LogP contribution >= 0.6 is 12.2 Å². The van der Waals surface area contributed by atoms with E-state index in [9.17, 15) is 0 Å². The van der Waals surface area contributed by atoms with E-state index in [0.717, 1.165) is 17.1 Å². The molecule has 2 rings (SSSR count). The Morgan fingerprint density at radius 1 is 1.38 bits per heavy atom. The Morgan fingerprint density at radius 2 is 2.19 bits per heavy atom. The Bertz CT molecular complexity index is 601. The summed E-state index contributed by atoms with van der Waals surface area (Å²) >= 11 is 5.08. The molecule has 1 aromatic heterocycles. The predicted octanol–water partition coefficient (Wildman–Crippen LogP) is 1.72. The minimum atomic E-state index is 0.270. The number of ether oxygens (including phenoxy) is 2. The van der Waals surface area contributed by atoms with Crippen molar-refractivity contribution in [1.29, 1.82) is 0 Å². The van der Waals surface area contributed by atoms with Gasteiger partial charge in [0.1, 0.15) is 11.5 Å². The maximum atomic E-state index is 5.76. The number of imidazole rings is 1. The quantitative estimate of drug-likeness (QED) is 0.791. The molecule has 6 nitrogen and oxygen atoms in total. The Labute approximate surface area is 128 Å². The molecule has 0 saturated carbocycles. The van der Waals surface area contributed by atoms with E-state index >= 15 is 0 Å². The Kier molecular flexibility index (Phi) is 4.99. The van der Waals surface area contributed by atoms with Crippen molar-refractivity contribution in [2.45, 2.75) is 6.42 Å². The third kappa shape index (κ3) is 3.63. The number of rotatable bonds is 6. The van der Waals surface area contributed by atoms with Crippen LogP contribution in [0.25, 0.3) is 0 Å². The van der Waals surface area contributed by atoms with Gasteiger partial charge in [0.15, 0.2) is 5.11 Å². The fourth-order valence-corrected chi connectivity index (χ4v) is 2.21. The lowest BCUT2D eigenvalue weighted by Crippen LogP contribution is -2.37. The second kappa shape index (κ2) is 6.94. The molecule has 21 heavy (non-hydrogen) atoms. The van der Waals surface area contributed by atoms with Gasteiger partial charge < -0.3 is 20.2 Å². The highest BCUT2D eigenvalue weighted by Gasteiger charge is 2.13. The second-order valence-electron chi connectivity index (χ2n) is 4.33. The van der Waals surface area contributed by atoms with Gasteiger partial charge >= 0.3 is 0 Å². The average molecular weight is 306 g/mol. The maximum Gasteiger partial charge on any atom is 0.209 e. The summed E-state index contributed by atoms with van der Waals surface area (Å²) in [5, 5.41) is 0.270. The number of hydrogen-bond acceptors (Lipinski definition) is 4. The average Bonchev–Trinajstić information content (AvgIpc) is 3.01. The van der Waals surface area contributed by atoms with Gasteiger partial charge in [-0.15, -0.1) is 0 Å². The third-order valence-corrected chi connectivity index (χ3v) is 3.32. The molecule has 7 heteroatoms. The zero-order valence-electron chi connectivity index (χ0n) is 12.0. The molecule has 0 aliphatic heterocycles. The Balaban J connectivity index is 2.15. The summed E-state index contributed by atoms with van der Waals surface area (Å²) in [7, 11) is 3.28. The number of anilines is 1. The van der Waals surface area contributed by atoms with Crippen LogP contribution in [0.4, 0.5) is 5.95 Å². The summed E-state index contributed by atoms with van der Waals surface area (Å²) < 4.78 is 10.6. The van der Waals surface area contributed by atoms with Crippen LogP contribution in [0.2, 0.25) is 0 Å². The van der Waals surface area contributed by atoms with Crippen molar-refractivity contribution in [2.24, 2.45) is 5.73 Å². The molecule has 0 aliphatic rings. The number of aromatic amines is 1. The summed E-state index contributed by atoms with van der Waals surface area (Å²) in [6.07, 6.45) is 4.08. The first-order valence-corrected chi connectivity index (χ1v) is 6.83. The molecule has 112 valence electrons. The minimum absolute atomic E-state index is 0.270. The molecule has 0 amide bonds. The summed E-state index contributed by atoms with van der Waals surface area (Å²) in [6, 6.07) is 5.69. The van der Waals surface area contributed by atoms with Gasteiger partial charge in [0, 0.05) is 18.9 Å². The van der Waals surface area contributed by atoms with Crippen molar-refractivity contribution < 1.29 is 9.47 Å². The van der Waals surface area contributed by atoms with Gasteiger partial charge in [0.05, 0.1) is 14.2 Å². The first kappa shape index (κ1) is 15.1. The number of nitrogens with two attached hydrogens (primary N) is 1. The van der Waals surface area contributed by atoms with Crippen molar-refractivity contribution in [3.63, 3.8) is 0 Å². The first-order valence-electron chi connectivity index (χ1n) is 6.43. The summed E-state index contributed by atoms with van der Waals surface area (Å²) in [4.78, 5) is 8.92. The van der Waals surface area contributed by atoms with Crippen LogP contribution in [0.3, 0.4) is 0 Å². The van der Waals surface area contributed by atoms with Crippen molar-refractivity contribution in [2.75, 3.05) is 25.7 Å². The van der Waals surface area contributed by atoms with Gasteiger partial charge in [0.25, 0.3) is 0 Å². The van der Waals surface area contributed by atoms with Crippen LogP contribution in [0.1, 0.15) is 5.56 Å². The molecule has 0 aliphatic carbocycles. The van der Waals surface area contributed by atoms with E-state index in [2.05, 4.69) is 9.97 Å². The van der Waals surface area contributed by atoms with Crippen molar-refractivity contribution in [3.8, 4) is 11.5 Å². The van der Waals surface area contributed by atoms with Crippen molar-refractivity contribution in [1.82, 2.24) is 9.97 Å². The van der Waals surface area contributed by atoms with Crippen LogP contribution < -0.4 is 20.1 Å². The van der Waals surface area contributed by atoms with Gasteiger partial charge in [-0.2, -0.15) is 0 Å². The van der Waals surface area contributed by atoms with Gasteiger partial charge in [-0.3, -0.25) is 4.90 Å². The van der Waals surface area contributed by atoms with E-state index in [4.69, 9.17) is 27.4 Å². The highest BCUT2D eigenvalue weighted by atomic mass is 32.1. The van der Waals surface area contributed by atoms with E-state index in [1.807, 2.05) is 18.2 Å². The van der Waals surface area contributed by atoms with E-state index in [0.29, 0.717) is 18.9 Å². The molecule has 0 fully saturated rings. The van der Waals surface area contributed by atoms with Gasteiger partial charge in [-0.25, -0.2) is 4.98 Å². The largest absolute Gasteiger partial charge is 0.497 e. The van der Waals surface area contributed by atoms with Crippen LogP contribution in [-0.2, 0) is 6.42 Å². The highest BCUT2D eigenvalue weighted by Crippen LogP contribution is 2.24. The number of H-pyrrole nitrogens is 1. The summed E-state index contributed by atoms with van der Waals surface area (Å²) in [5.41, 5.74) is 6.78. The van der Waals surface area contributed by atoms with Crippen LogP contribution in [0.15, 0.2) is 30.6 Å². The molecular weight excluding hydrogens is 288 g/mol. The normalized spacial score (nSPS) is 10.2. The van der Waals surface area contributed by atoms with Crippen molar-refractivity contribution >= 4 is 23.3 Å². The second-order valence-corrected chi connectivity index (χ2v) is 4.75. The molecule has 0 radical (unpaired) electrons. The van der Waals surface area contributed by atoms with Crippen LogP contribution in [0.5, 0.6) is 11.5 Å². The van der Waals surface area contributed by atoms with E-state index in [-0.39, 0.29) is 5.11 Å². The molecule has 1 aromatic carbocycles.